The number of hydrogen-bond acceptors (Lipinski definition) is 5. The number of likely N-dealkylation sites (N-methyl/N-ethyl adjacent to an activating group) is 1. The third-order valence-corrected chi connectivity index (χ3v) is 7.03. The zero-order valence-electron chi connectivity index (χ0n) is 17.1. The van der Waals surface area contributed by atoms with E-state index in [4.69, 9.17) is 4.74 Å². The Balaban J connectivity index is 2.17. The Morgan fingerprint density at radius 1 is 1.14 bits per heavy atom. The lowest BCUT2D eigenvalue weighted by Crippen LogP contribution is -2.42. The zero-order chi connectivity index (χ0) is 20.9. The number of carbonyl (C=O) groups is 2. The van der Waals surface area contributed by atoms with Crippen LogP contribution in [-0.4, -0.2) is 55.8 Å². The number of carbonyl (C=O) groups excluding carboxylic acids is 2. The molecule has 0 aromatic carbocycles. The molecule has 1 heterocycles. The highest BCUT2D eigenvalue weighted by atomic mass is 32.2. The van der Waals surface area contributed by atoms with Gasteiger partial charge in [-0.1, -0.05) is 25.7 Å². The fraction of sp³-hybridized carbons (Fsp3) is 0.684. The van der Waals surface area contributed by atoms with Gasteiger partial charge in [-0.3, -0.25) is 4.79 Å². The molecule has 2 N–H and O–H groups in total. The molecule has 0 bridgehead atoms. The number of nitrogens with one attached hydrogen (secondary N) is 2. The molecule has 1 saturated carbocycles. The molecule has 0 aliphatic heterocycles. The van der Waals surface area contributed by atoms with E-state index >= 15 is 0 Å². The molecule has 1 aliphatic carbocycles. The fourth-order valence-corrected chi connectivity index (χ4v) is 5.20. The Hall–Kier alpha value is -1.87. The molecule has 9 heteroatoms. The average molecular weight is 414 g/mol. The van der Waals surface area contributed by atoms with Crippen molar-refractivity contribution in [2.45, 2.75) is 70.2 Å². The number of rotatable bonds is 7. The summed E-state index contributed by atoms with van der Waals surface area (Å²) >= 11 is 0. The Kier molecular flexibility index (Phi) is 7.65. The Morgan fingerprint density at radius 2 is 1.75 bits per heavy atom. The van der Waals surface area contributed by atoms with E-state index in [0.717, 1.165) is 30.0 Å². The van der Waals surface area contributed by atoms with Gasteiger partial charge < -0.3 is 15.0 Å². The molecular weight excluding hydrogens is 382 g/mol. The lowest BCUT2D eigenvalue weighted by Gasteiger charge is -2.21. The summed E-state index contributed by atoms with van der Waals surface area (Å²) < 4.78 is 32.2. The number of aryl methyl sites for hydroxylation is 2. The SMILES string of the molecule is CCOC(=O)c1c(C)[nH]c(C)c1S(=O)(=O)N(C)CC(=O)NC1CCCCCC1. The summed E-state index contributed by atoms with van der Waals surface area (Å²) in [5.74, 6) is -1.03. The van der Waals surface area contributed by atoms with E-state index in [1.165, 1.54) is 19.9 Å². The molecule has 0 radical (unpaired) electrons. The zero-order valence-corrected chi connectivity index (χ0v) is 17.9. The van der Waals surface area contributed by atoms with Gasteiger partial charge >= 0.3 is 5.97 Å². The number of esters is 1. The van der Waals surface area contributed by atoms with Crippen LogP contribution in [0, 0.1) is 13.8 Å². The quantitative estimate of drug-likeness (QED) is 0.526. The summed E-state index contributed by atoms with van der Waals surface area (Å²) in [6.07, 6.45) is 6.33. The summed E-state index contributed by atoms with van der Waals surface area (Å²) in [6, 6.07) is 0.0948. The minimum absolute atomic E-state index is 0.00428. The van der Waals surface area contributed by atoms with Crippen LogP contribution >= 0.6 is 0 Å². The predicted molar refractivity (Wildman–Crippen MR) is 106 cm³/mol. The molecule has 0 spiro atoms. The van der Waals surface area contributed by atoms with Crippen molar-refractivity contribution in [1.29, 1.82) is 0 Å². The van der Waals surface area contributed by atoms with Crippen molar-refractivity contribution in [2.75, 3.05) is 20.2 Å². The van der Waals surface area contributed by atoms with Crippen LogP contribution in [0.25, 0.3) is 0 Å². The van der Waals surface area contributed by atoms with Crippen LogP contribution < -0.4 is 5.32 Å². The van der Waals surface area contributed by atoms with E-state index in [0.29, 0.717) is 11.4 Å². The number of H-pyrrole nitrogens is 1. The van der Waals surface area contributed by atoms with Crippen LogP contribution in [-0.2, 0) is 19.6 Å². The number of sulfonamides is 1. The Labute approximate surface area is 167 Å². The molecular formula is C19H31N3O5S. The lowest BCUT2D eigenvalue weighted by molar-refractivity contribution is -0.121. The van der Waals surface area contributed by atoms with Gasteiger partial charge in [0.05, 0.1) is 13.2 Å². The Morgan fingerprint density at radius 3 is 2.32 bits per heavy atom. The van der Waals surface area contributed by atoms with E-state index < -0.39 is 16.0 Å². The smallest absolute Gasteiger partial charge is 0.341 e. The van der Waals surface area contributed by atoms with Crippen LogP contribution in [0.1, 0.15) is 67.2 Å². The van der Waals surface area contributed by atoms with Crippen molar-refractivity contribution in [3.8, 4) is 0 Å². The number of aromatic amines is 1. The molecule has 1 aromatic rings. The molecule has 1 amide bonds. The van der Waals surface area contributed by atoms with Crippen molar-refractivity contribution >= 4 is 21.9 Å². The minimum Gasteiger partial charge on any atom is -0.462 e. The number of aromatic nitrogens is 1. The van der Waals surface area contributed by atoms with Crippen LogP contribution in [0.15, 0.2) is 4.90 Å². The van der Waals surface area contributed by atoms with E-state index in [1.54, 1.807) is 20.8 Å². The standard InChI is InChI=1S/C19H31N3O5S/c1-5-27-19(24)17-13(2)20-14(3)18(17)28(25,26)22(4)12-16(23)21-15-10-8-6-7-9-11-15/h15,20H,5-12H2,1-4H3,(H,21,23). The van der Waals surface area contributed by atoms with Gasteiger partial charge in [-0.25, -0.2) is 13.2 Å². The fourth-order valence-electron chi connectivity index (χ4n) is 3.67. The topological polar surface area (TPSA) is 109 Å². The molecule has 2 rings (SSSR count). The monoisotopic (exact) mass is 413 g/mol. The number of amides is 1. The molecule has 0 unspecified atom stereocenters. The normalized spacial score (nSPS) is 16.0. The Bertz CT molecular complexity index is 808. The summed E-state index contributed by atoms with van der Waals surface area (Å²) in [5.41, 5.74) is 0.762. The highest BCUT2D eigenvalue weighted by Crippen LogP contribution is 2.27. The van der Waals surface area contributed by atoms with Gasteiger partial charge in [0.15, 0.2) is 0 Å². The van der Waals surface area contributed by atoms with E-state index in [2.05, 4.69) is 10.3 Å². The first-order chi connectivity index (χ1) is 13.2. The molecule has 1 aromatic heterocycles. The summed E-state index contributed by atoms with van der Waals surface area (Å²) in [7, 11) is -2.70. The summed E-state index contributed by atoms with van der Waals surface area (Å²) in [5, 5.41) is 2.95. The first kappa shape index (κ1) is 22.4. The second-order valence-electron chi connectivity index (χ2n) is 7.32. The van der Waals surface area contributed by atoms with Gasteiger partial charge in [-0.15, -0.1) is 0 Å². The van der Waals surface area contributed by atoms with E-state index in [1.807, 2.05) is 0 Å². The van der Waals surface area contributed by atoms with Crippen LogP contribution in [0.3, 0.4) is 0 Å². The number of hydrogen-bond donors (Lipinski definition) is 2. The minimum atomic E-state index is -4.05. The van der Waals surface area contributed by atoms with Gasteiger partial charge in [-0.05, 0) is 33.6 Å². The molecule has 1 fully saturated rings. The van der Waals surface area contributed by atoms with E-state index in [9.17, 15) is 18.0 Å². The highest BCUT2D eigenvalue weighted by Gasteiger charge is 2.33. The largest absolute Gasteiger partial charge is 0.462 e. The first-order valence-electron chi connectivity index (χ1n) is 9.80. The highest BCUT2D eigenvalue weighted by molar-refractivity contribution is 7.89. The summed E-state index contributed by atoms with van der Waals surface area (Å²) in [6.45, 7) is 4.70. The maximum absolute atomic E-state index is 13.1. The first-order valence-corrected chi connectivity index (χ1v) is 11.2. The number of nitrogens with zero attached hydrogens (tertiary/aromatic N) is 1. The molecule has 8 nitrogen and oxygen atoms in total. The molecule has 0 saturated heterocycles. The second kappa shape index (κ2) is 9.56. The van der Waals surface area contributed by atoms with E-state index in [-0.39, 0.29) is 35.6 Å². The van der Waals surface area contributed by atoms with Crippen LogP contribution in [0.5, 0.6) is 0 Å². The molecule has 0 atom stereocenters. The maximum Gasteiger partial charge on any atom is 0.341 e. The van der Waals surface area contributed by atoms with Gasteiger partial charge in [0, 0.05) is 24.5 Å². The van der Waals surface area contributed by atoms with Crippen LogP contribution in [0.4, 0.5) is 0 Å². The van der Waals surface area contributed by atoms with Gasteiger partial charge in [0.1, 0.15) is 10.5 Å². The van der Waals surface area contributed by atoms with Crippen molar-refractivity contribution in [2.24, 2.45) is 0 Å². The third kappa shape index (κ3) is 5.14. The van der Waals surface area contributed by atoms with Gasteiger partial charge in [0.25, 0.3) is 0 Å². The molecule has 1 aliphatic rings. The predicted octanol–water partition coefficient (Wildman–Crippen LogP) is 2.27. The van der Waals surface area contributed by atoms with Crippen molar-refractivity contribution in [3.05, 3.63) is 17.0 Å². The van der Waals surface area contributed by atoms with Gasteiger partial charge in [0.2, 0.25) is 15.9 Å². The second-order valence-corrected chi connectivity index (χ2v) is 9.30. The number of ether oxygens (including phenoxy) is 1. The third-order valence-electron chi connectivity index (χ3n) is 5.05. The summed E-state index contributed by atoms with van der Waals surface area (Å²) in [4.78, 5) is 27.5. The maximum atomic E-state index is 13.1. The lowest BCUT2D eigenvalue weighted by atomic mass is 10.1. The molecule has 28 heavy (non-hydrogen) atoms. The van der Waals surface area contributed by atoms with Crippen LogP contribution in [0.2, 0.25) is 0 Å². The average Bonchev–Trinajstić information content (AvgIpc) is 2.76. The van der Waals surface area contributed by atoms with Crippen molar-refractivity contribution in [3.63, 3.8) is 0 Å². The van der Waals surface area contributed by atoms with Crippen molar-refractivity contribution in [1.82, 2.24) is 14.6 Å². The molecule has 158 valence electrons. The van der Waals surface area contributed by atoms with Gasteiger partial charge in [-0.2, -0.15) is 4.31 Å². The van der Waals surface area contributed by atoms with Crippen molar-refractivity contribution < 1.29 is 22.7 Å².